The summed E-state index contributed by atoms with van der Waals surface area (Å²) >= 11 is 1.17. The Morgan fingerprint density at radius 3 is 2.35 bits per heavy atom. The van der Waals surface area contributed by atoms with Crippen LogP contribution in [0.25, 0.3) is 0 Å². The zero-order valence-corrected chi connectivity index (χ0v) is 19.2. The Labute approximate surface area is 188 Å². The van der Waals surface area contributed by atoms with Crippen LogP contribution in [-0.4, -0.2) is 62.9 Å². The summed E-state index contributed by atoms with van der Waals surface area (Å²) < 4.78 is 32.9. The molecule has 9 heteroatoms. The molecule has 31 heavy (non-hydrogen) atoms. The maximum absolute atomic E-state index is 13.0. The largest absolute Gasteiger partial charge is 0.379 e. The van der Waals surface area contributed by atoms with Crippen molar-refractivity contribution >= 4 is 27.3 Å². The van der Waals surface area contributed by atoms with Crippen molar-refractivity contribution in [2.75, 3.05) is 39.4 Å². The Kier molecular flexibility index (Phi) is 7.39. The van der Waals surface area contributed by atoms with E-state index in [1.54, 1.807) is 11.4 Å². The number of piperidine rings is 1. The van der Waals surface area contributed by atoms with Gasteiger partial charge in [0.1, 0.15) is 9.77 Å². The van der Waals surface area contributed by atoms with Crippen LogP contribution in [0.5, 0.6) is 0 Å². The van der Waals surface area contributed by atoms with Crippen LogP contribution in [0.3, 0.4) is 0 Å². The highest BCUT2D eigenvalue weighted by molar-refractivity contribution is 7.89. The number of benzene rings is 1. The highest BCUT2D eigenvalue weighted by Crippen LogP contribution is 2.27. The van der Waals surface area contributed by atoms with Crippen LogP contribution in [0.4, 0.5) is 0 Å². The molecule has 0 bridgehead atoms. The second-order valence-electron chi connectivity index (χ2n) is 7.97. The molecule has 0 atom stereocenters. The van der Waals surface area contributed by atoms with Gasteiger partial charge in [-0.2, -0.15) is 4.31 Å². The maximum atomic E-state index is 13.0. The van der Waals surface area contributed by atoms with Crippen LogP contribution in [0, 0.1) is 0 Å². The number of hydrogen-bond acceptors (Lipinski definition) is 6. The topological polar surface area (TPSA) is 79.0 Å². The monoisotopic (exact) mass is 463 g/mol. The van der Waals surface area contributed by atoms with Gasteiger partial charge in [-0.15, -0.1) is 11.3 Å². The number of carbonyl (C=O) groups excluding carboxylic acids is 1. The molecule has 2 saturated heterocycles. The van der Waals surface area contributed by atoms with E-state index in [1.165, 1.54) is 21.2 Å². The lowest BCUT2D eigenvalue weighted by Crippen LogP contribution is -2.36. The zero-order chi connectivity index (χ0) is 21.7. The fraction of sp³-hybridized carbons (Fsp3) is 0.500. The van der Waals surface area contributed by atoms with Gasteiger partial charge in [0.2, 0.25) is 10.0 Å². The van der Waals surface area contributed by atoms with E-state index in [-0.39, 0.29) is 15.7 Å². The minimum absolute atomic E-state index is 0.123. The van der Waals surface area contributed by atoms with E-state index < -0.39 is 10.0 Å². The minimum Gasteiger partial charge on any atom is -0.379 e. The maximum Gasteiger partial charge on any atom is 0.263 e. The SMILES string of the molecule is O=C(NCc1ccc(CN2CCOCC2)cc1)c1sccc1S(=O)(=O)N1CCCCC1. The summed E-state index contributed by atoms with van der Waals surface area (Å²) in [5, 5.41) is 4.55. The molecule has 168 valence electrons. The predicted molar refractivity (Wildman–Crippen MR) is 121 cm³/mol. The van der Waals surface area contributed by atoms with E-state index in [9.17, 15) is 13.2 Å². The third-order valence-corrected chi connectivity index (χ3v) is 8.74. The molecule has 1 amide bonds. The fourth-order valence-corrected chi connectivity index (χ4v) is 6.79. The number of morpholine rings is 1. The quantitative estimate of drug-likeness (QED) is 0.683. The first kappa shape index (κ1) is 22.4. The normalized spacial score (nSPS) is 18.7. The van der Waals surface area contributed by atoms with Crippen molar-refractivity contribution in [1.82, 2.24) is 14.5 Å². The van der Waals surface area contributed by atoms with E-state index in [0.717, 1.165) is 57.7 Å². The highest BCUT2D eigenvalue weighted by Gasteiger charge is 2.30. The Morgan fingerprint density at radius 2 is 1.65 bits per heavy atom. The van der Waals surface area contributed by atoms with Crippen LogP contribution >= 0.6 is 11.3 Å². The summed E-state index contributed by atoms with van der Waals surface area (Å²) in [6, 6.07) is 9.72. The van der Waals surface area contributed by atoms with E-state index >= 15 is 0 Å². The van der Waals surface area contributed by atoms with Crippen LogP contribution in [0.15, 0.2) is 40.6 Å². The molecule has 7 nitrogen and oxygen atoms in total. The summed E-state index contributed by atoms with van der Waals surface area (Å²) in [6.07, 6.45) is 2.78. The number of carbonyl (C=O) groups is 1. The molecule has 0 spiro atoms. The number of sulfonamides is 1. The number of amides is 1. The van der Waals surface area contributed by atoms with Crippen LogP contribution in [0.1, 0.15) is 40.1 Å². The molecular weight excluding hydrogens is 434 g/mol. The van der Waals surface area contributed by atoms with E-state index in [1.807, 2.05) is 12.1 Å². The first-order chi connectivity index (χ1) is 15.0. The molecule has 0 aliphatic carbocycles. The Bertz CT molecular complexity index is 976. The smallest absolute Gasteiger partial charge is 0.263 e. The second kappa shape index (κ2) is 10.2. The van der Waals surface area contributed by atoms with Gasteiger partial charge in [0, 0.05) is 39.3 Å². The van der Waals surface area contributed by atoms with E-state index in [4.69, 9.17) is 4.74 Å². The predicted octanol–water partition coefficient (Wildman–Crippen LogP) is 2.68. The lowest BCUT2D eigenvalue weighted by Gasteiger charge is -2.26. The van der Waals surface area contributed by atoms with Crippen molar-refractivity contribution in [3.05, 3.63) is 51.7 Å². The molecule has 0 radical (unpaired) electrons. The van der Waals surface area contributed by atoms with Gasteiger partial charge in [-0.25, -0.2) is 8.42 Å². The lowest BCUT2D eigenvalue weighted by molar-refractivity contribution is 0.0342. The van der Waals surface area contributed by atoms with Crippen molar-refractivity contribution in [3.8, 4) is 0 Å². The summed E-state index contributed by atoms with van der Waals surface area (Å²) in [5.41, 5.74) is 2.21. The molecule has 1 aromatic heterocycles. The van der Waals surface area contributed by atoms with Crippen LogP contribution < -0.4 is 5.32 Å². The fourth-order valence-electron chi connectivity index (χ4n) is 3.95. The van der Waals surface area contributed by atoms with Crippen LogP contribution in [0.2, 0.25) is 0 Å². The van der Waals surface area contributed by atoms with E-state index in [0.29, 0.717) is 19.6 Å². The number of hydrogen-bond donors (Lipinski definition) is 1. The number of ether oxygens (including phenoxy) is 1. The molecule has 3 heterocycles. The molecule has 2 aliphatic heterocycles. The van der Waals surface area contributed by atoms with Gasteiger partial charge >= 0.3 is 0 Å². The van der Waals surface area contributed by atoms with Gasteiger partial charge in [0.15, 0.2) is 0 Å². The average Bonchev–Trinajstić information content (AvgIpc) is 3.31. The molecule has 1 N–H and O–H groups in total. The van der Waals surface area contributed by atoms with Gasteiger partial charge in [-0.05, 0) is 35.4 Å². The van der Waals surface area contributed by atoms with Crippen LogP contribution in [-0.2, 0) is 27.8 Å². The third kappa shape index (κ3) is 5.53. The molecule has 0 unspecified atom stereocenters. The number of thiophene rings is 1. The van der Waals surface area contributed by atoms with Gasteiger partial charge in [-0.3, -0.25) is 9.69 Å². The van der Waals surface area contributed by atoms with Crippen molar-refractivity contribution in [3.63, 3.8) is 0 Å². The standard InChI is InChI=1S/C22H29N3O4S2/c26-22(21-20(8-15-30-21)31(27,28)25-9-2-1-3-10-25)23-16-18-4-6-19(7-5-18)17-24-11-13-29-14-12-24/h4-8,15H,1-3,9-14,16-17H2,(H,23,26). The highest BCUT2D eigenvalue weighted by atomic mass is 32.2. The van der Waals surface area contributed by atoms with E-state index in [2.05, 4.69) is 22.3 Å². The Balaban J connectivity index is 1.35. The van der Waals surface area contributed by atoms with Gasteiger partial charge in [0.05, 0.1) is 13.2 Å². The third-order valence-electron chi connectivity index (χ3n) is 5.75. The molecule has 0 saturated carbocycles. The lowest BCUT2D eigenvalue weighted by atomic mass is 10.1. The molecule has 4 rings (SSSR count). The summed E-state index contributed by atoms with van der Waals surface area (Å²) in [5.74, 6) is -0.344. The van der Waals surface area contributed by atoms with Gasteiger partial charge < -0.3 is 10.1 Å². The Morgan fingerprint density at radius 1 is 0.968 bits per heavy atom. The number of nitrogens with one attached hydrogen (secondary N) is 1. The van der Waals surface area contributed by atoms with Gasteiger partial charge in [0.25, 0.3) is 5.91 Å². The molecular formula is C22H29N3O4S2. The summed E-state index contributed by atoms with van der Waals surface area (Å²) in [4.78, 5) is 15.5. The molecule has 2 aliphatic rings. The number of nitrogens with zero attached hydrogens (tertiary/aromatic N) is 2. The average molecular weight is 464 g/mol. The summed E-state index contributed by atoms with van der Waals surface area (Å²) in [7, 11) is -3.63. The molecule has 1 aromatic carbocycles. The van der Waals surface area contributed by atoms with Crippen molar-refractivity contribution < 1.29 is 17.9 Å². The van der Waals surface area contributed by atoms with Gasteiger partial charge in [-0.1, -0.05) is 30.7 Å². The van der Waals surface area contributed by atoms with Crippen molar-refractivity contribution in [2.45, 2.75) is 37.2 Å². The van der Waals surface area contributed by atoms with Crippen molar-refractivity contribution in [2.24, 2.45) is 0 Å². The summed E-state index contributed by atoms with van der Waals surface area (Å²) in [6.45, 7) is 5.75. The number of rotatable bonds is 7. The minimum atomic E-state index is -3.63. The Hall–Kier alpha value is -1.78. The first-order valence-corrected chi connectivity index (χ1v) is 13.1. The zero-order valence-electron chi connectivity index (χ0n) is 17.6. The first-order valence-electron chi connectivity index (χ1n) is 10.8. The second-order valence-corrected chi connectivity index (χ2v) is 10.8. The van der Waals surface area contributed by atoms with Crippen molar-refractivity contribution in [1.29, 1.82) is 0 Å². The molecule has 2 fully saturated rings. The molecule has 2 aromatic rings.